The van der Waals surface area contributed by atoms with E-state index < -0.39 is 29.3 Å². The zero-order chi connectivity index (χ0) is 23.9. The van der Waals surface area contributed by atoms with Crippen LogP contribution >= 0.6 is 0 Å². The van der Waals surface area contributed by atoms with Crippen LogP contribution in [0.4, 0.5) is 8.78 Å². The van der Waals surface area contributed by atoms with Crippen LogP contribution in [0.2, 0.25) is 0 Å². The van der Waals surface area contributed by atoms with Crippen LogP contribution in [0.3, 0.4) is 0 Å². The van der Waals surface area contributed by atoms with Gasteiger partial charge in [0.05, 0.1) is 6.61 Å². The molecule has 1 atom stereocenters. The number of carbonyl (C=O) groups is 3. The second kappa shape index (κ2) is 8.79. The molecular weight excluding hydrogens is 444 g/mol. The molecule has 1 saturated carbocycles. The minimum absolute atomic E-state index is 0.0333. The van der Waals surface area contributed by atoms with Gasteiger partial charge in [0.1, 0.15) is 23.4 Å². The molecule has 2 heterocycles. The van der Waals surface area contributed by atoms with Crippen molar-refractivity contribution in [2.45, 2.75) is 43.5 Å². The first kappa shape index (κ1) is 22.5. The van der Waals surface area contributed by atoms with Crippen LogP contribution in [0.25, 0.3) is 0 Å². The van der Waals surface area contributed by atoms with Crippen LogP contribution in [0.1, 0.15) is 46.4 Å². The Labute approximate surface area is 195 Å². The number of nitrogens with one attached hydrogen (secondary N) is 1. The quantitative estimate of drug-likeness (QED) is 0.747. The number of carbonyl (C=O) groups excluding carboxylic acids is 3. The van der Waals surface area contributed by atoms with Gasteiger partial charge in [0.2, 0.25) is 5.91 Å². The molecule has 2 aromatic rings. The molecule has 2 aromatic carbocycles. The van der Waals surface area contributed by atoms with Crippen LogP contribution < -0.4 is 5.32 Å². The lowest BCUT2D eigenvalue weighted by atomic mass is 9.96. The van der Waals surface area contributed by atoms with Crippen molar-refractivity contribution in [3.8, 4) is 0 Å². The van der Waals surface area contributed by atoms with Crippen LogP contribution in [0.5, 0.6) is 0 Å². The minimum Gasteiger partial charge on any atom is -0.353 e. The fourth-order valence-electron chi connectivity index (χ4n) is 4.69. The number of nitrogens with zero attached hydrogens (tertiary/aromatic N) is 2. The van der Waals surface area contributed by atoms with Crippen molar-refractivity contribution in [1.82, 2.24) is 15.1 Å². The standard InChI is InChI=1S/C25H25F2N3O4/c26-18-6-4-16(5-7-18)23(32)29-12-10-25(11-13-29)30(24(33)17-2-1-3-19(27)14-17)21(15-34-25)22(31)28-20-8-9-20/h1-7,14,20-21H,8-13,15H2,(H,28,31)/t21-/m1/s1. The van der Waals surface area contributed by atoms with Crippen molar-refractivity contribution in [1.29, 1.82) is 0 Å². The zero-order valence-corrected chi connectivity index (χ0v) is 18.5. The predicted octanol–water partition coefficient (Wildman–Crippen LogP) is 2.72. The van der Waals surface area contributed by atoms with E-state index in [1.165, 1.54) is 47.4 Å². The van der Waals surface area contributed by atoms with Crippen molar-refractivity contribution in [3.63, 3.8) is 0 Å². The van der Waals surface area contributed by atoms with E-state index in [0.29, 0.717) is 31.5 Å². The number of benzene rings is 2. The van der Waals surface area contributed by atoms with E-state index in [0.717, 1.165) is 18.9 Å². The average Bonchev–Trinajstić information content (AvgIpc) is 3.58. The lowest BCUT2D eigenvalue weighted by molar-refractivity contribution is -0.128. The van der Waals surface area contributed by atoms with Crippen molar-refractivity contribution in [2.24, 2.45) is 0 Å². The molecule has 178 valence electrons. The summed E-state index contributed by atoms with van der Waals surface area (Å²) in [6.45, 7) is 0.617. The van der Waals surface area contributed by atoms with E-state index in [4.69, 9.17) is 4.74 Å². The molecule has 9 heteroatoms. The Kier molecular flexibility index (Phi) is 5.81. The zero-order valence-electron chi connectivity index (χ0n) is 18.5. The molecule has 0 radical (unpaired) electrons. The predicted molar refractivity (Wildman–Crippen MR) is 118 cm³/mol. The molecule has 2 saturated heterocycles. The van der Waals surface area contributed by atoms with Gasteiger partial charge < -0.3 is 15.0 Å². The van der Waals surface area contributed by atoms with E-state index in [2.05, 4.69) is 5.32 Å². The molecule has 34 heavy (non-hydrogen) atoms. The summed E-state index contributed by atoms with van der Waals surface area (Å²) in [5.41, 5.74) is -0.563. The third kappa shape index (κ3) is 4.27. The molecule has 7 nitrogen and oxygen atoms in total. The lowest BCUT2D eigenvalue weighted by Gasteiger charge is -2.44. The van der Waals surface area contributed by atoms with Gasteiger partial charge in [-0.3, -0.25) is 19.3 Å². The molecule has 1 spiro atoms. The Morgan fingerprint density at radius 2 is 1.62 bits per heavy atom. The van der Waals surface area contributed by atoms with Crippen LogP contribution in [-0.4, -0.2) is 65.0 Å². The third-order valence-corrected chi connectivity index (χ3v) is 6.70. The first-order valence-electron chi connectivity index (χ1n) is 11.4. The summed E-state index contributed by atoms with van der Waals surface area (Å²) in [6.07, 6.45) is 2.41. The van der Waals surface area contributed by atoms with Crippen molar-refractivity contribution in [3.05, 3.63) is 71.3 Å². The van der Waals surface area contributed by atoms with E-state index >= 15 is 0 Å². The molecule has 3 fully saturated rings. The van der Waals surface area contributed by atoms with E-state index in [-0.39, 0.29) is 30.0 Å². The average molecular weight is 469 g/mol. The van der Waals surface area contributed by atoms with E-state index in [9.17, 15) is 23.2 Å². The molecule has 2 aliphatic heterocycles. The molecule has 0 unspecified atom stereocenters. The Balaban J connectivity index is 1.37. The second-order valence-corrected chi connectivity index (χ2v) is 9.04. The number of amides is 3. The Hall–Kier alpha value is -3.33. The number of likely N-dealkylation sites (tertiary alicyclic amines) is 1. The summed E-state index contributed by atoms with van der Waals surface area (Å²) in [7, 11) is 0. The number of hydrogen-bond donors (Lipinski definition) is 1. The minimum atomic E-state index is -1.07. The molecule has 1 aliphatic carbocycles. The first-order chi connectivity index (χ1) is 16.4. The van der Waals surface area contributed by atoms with Gasteiger partial charge in [0, 0.05) is 43.1 Å². The van der Waals surface area contributed by atoms with Gasteiger partial charge in [0.15, 0.2) is 0 Å². The Morgan fingerprint density at radius 3 is 2.26 bits per heavy atom. The maximum atomic E-state index is 13.9. The van der Waals surface area contributed by atoms with Crippen LogP contribution in [-0.2, 0) is 9.53 Å². The molecule has 0 aromatic heterocycles. The number of ether oxygens (including phenoxy) is 1. The molecular formula is C25H25F2N3O4. The monoisotopic (exact) mass is 469 g/mol. The van der Waals surface area contributed by atoms with Gasteiger partial charge in [-0.25, -0.2) is 8.78 Å². The highest BCUT2D eigenvalue weighted by Crippen LogP contribution is 2.39. The topological polar surface area (TPSA) is 79.0 Å². The summed E-state index contributed by atoms with van der Waals surface area (Å²) in [4.78, 5) is 42.4. The summed E-state index contributed by atoms with van der Waals surface area (Å²) in [5.74, 6) is -1.96. The third-order valence-electron chi connectivity index (χ3n) is 6.70. The van der Waals surface area contributed by atoms with Crippen molar-refractivity contribution < 1.29 is 27.9 Å². The smallest absolute Gasteiger partial charge is 0.256 e. The summed E-state index contributed by atoms with van der Waals surface area (Å²) in [6, 6.07) is 10.00. The van der Waals surface area contributed by atoms with Crippen molar-refractivity contribution >= 4 is 17.7 Å². The SMILES string of the molecule is O=C(NC1CC1)[C@H]1COC2(CCN(C(=O)c3ccc(F)cc3)CC2)N1C(=O)c1cccc(F)c1. The first-order valence-corrected chi connectivity index (χ1v) is 11.4. The number of halogens is 2. The number of rotatable bonds is 4. The molecule has 0 bridgehead atoms. The highest BCUT2D eigenvalue weighted by molar-refractivity contribution is 5.98. The highest BCUT2D eigenvalue weighted by Gasteiger charge is 2.54. The Bertz CT molecular complexity index is 1110. The number of piperidine rings is 1. The van der Waals surface area contributed by atoms with Gasteiger partial charge >= 0.3 is 0 Å². The highest BCUT2D eigenvalue weighted by atomic mass is 19.1. The fourth-order valence-corrected chi connectivity index (χ4v) is 4.69. The Morgan fingerprint density at radius 1 is 0.912 bits per heavy atom. The van der Waals surface area contributed by atoms with Gasteiger partial charge in [-0.15, -0.1) is 0 Å². The lowest BCUT2D eigenvalue weighted by Crippen LogP contribution is -2.60. The van der Waals surface area contributed by atoms with Gasteiger partial charge in [-0.2, -0.15) is 0 Å². The fraction of sp³-hybridized carbons (Fsp3) is 0.400. The molecule has 3 aliphatic rings. The number of hydrogen-bond acceptors (Lipinski definition) is 4. The van der Waals surface area contributed by atoms with Crippen LogP contribution in [0, 0.1) is 11.6 Å². The van der Waals surface area contributed by atoms with E-state index in [1.807, 2.05) is 0 Å². The van der Waals surface area contributed by atoms with Crippen molar-refractivity contribution in [2.75, 3.05) is 19.7 Å². The summed E-state index contributed by atoms with van der Waals surface area (Å²) >= 11 is 0. The molecule has 1 N–H and O–H groups in total. The van der Waals surface area contributed by atoms with E-state index in [1.54, 1.807) is 4.90 Å². The second-order valence-electron chi connectivity index (χ2n) is 9.04. The van der Waals surface area contributed by atoms with Gasteiger partial charge in [-0.05, 0) is 55.3 Å². The normalized spacial score (nSPS) is 21.5. The largest absolute Gasteiger partial charge is 0.353 e. The van der Waals surface area contributed by atoms with Gasteiger partial charge in [0.25, 0.3) is 11.8 Å². The summed E-state index contributed by atoms with van der Waals surface area (Å²) < 4.78 is 33.2. The summed E-state index contributed by atoms with van der Waals surface area (Å²) in [5, 5.41) is 2.94. The maximum Gasteiger partial charge on any atom is 0.256 e. The van der Waals surface area contributed by atoms with Crippen LogP contribution in [0.15, 0.2) is 48.5 Å². The molecule has 3 amide bonds. The molecule has 5 rings (SSSR count). The maximum absolute atomic E-state index is 13.9. The van der Waals surface area contributed by atoms with Gasteiger partial charge in [-0.1, -0.05) is 6.07 Å².